The van der Waals surface area contributed by atoms with Gasteiger partial charge in [0.1, 0.15) is 0 Å². The Morgan fingerprint density at radius 1 is 1.08 bits per heavy atom. The fourth-order valence-electron chi connectivity index (χ4n) is 1.95. The van der Waals surface area contributed by atoms with Crippen LogP contribution in [0.15, 0.2) is 0 Å². The fraction of sp³-hybridized carbons (Fsp3) is 0.778. The molecular formula is C9H14O4. The summed E-state index contributed by atoms with van der Waals surface area (Å²) in [4.78, 5) is 21.5. The number of rotatable bonds is 2. The number of hydrogen-bond donors (Lipinski definition) is 2. The standard InChI is InChI=1S/C9H14O4/c1-5-2-3-6(8(10)11)7(4-5)9(12)13/h5-7H,2-4H2,1H3,(H,10,11)(H,12,13)/t5-,6-,7-/m1/s1. The number of hydrogen-bond acceptors (Lipinski definition) is 2. The van der Waals surface area contributed by atoms with Crippen LogP contribution in [0.25, 0.3) is 0 Å². The van der Waals surface area contributed by atoms with Crippen molar-refractivity contribution in [1.29, 1.82) is 0 Å². The van der Waals surface area contributed by atoms with Crippen LogP contribution in [0.5, 0.6) is 0 Å². The zero-order chi connectivity index (χ0) is 10.0. The van der Waals surface area contributed by atoms with Crippen molar-refractivity contribution in [3.8, 4) is 0 Å². The maximum absolute atomic E-state index is 10.8. The van der Waals surface area contributed by atoms with E-state index in [0.717, 1.165) is 6.42 Å². The quantitative estimate of drug-likeness (QED) is 0.679. The van der Waals surface area contributed by atoms with Gasteiger partial charge < -0.3 is 10.2 Å². The summed E-state index contributed by atoms with van der Waals surface area (Å²) in [6, 6.07) is 0. The third-order valence-electron chi connectivity index (χ3n) is 2.75. The molecule has 4 heteroatoms. The van der Waals surface area contributed by atoms with Crippen LogP contribution >= 0.6 is 0 Å². The number of carboxylic acid groups (broad SMARTS) is 2. The molecule has 3 atom stereocenters. The highest BCUT2D eigenvalue weighted by Gasteiger charge is 2.37. The second-order valence-corrected chi connectivity index (χ2v) is 3.81. The van der Waals surface area contributed by atoms with Gasteiger partial charge in [-0.1, -0.05) is 6.92 Å². The topological polar surface area (TPSA) is 74.6 Å². The molecule has 74 valence electrons. The van der Waals surface area contributed by atoms with E-state index in [1.54, 1.807) is 0 Å². The molecular weight excluding hydrogens is 172 g/mol. The summed E-state index contributed by atoms with van der Waals surface area (Å²) in [5.74, 6) is -3.00. The fourth-order valence-corrected chi connectivity index (χ4v) is 1.95. The Labute approximate surface area is 76.6 Å². The molecule has 4 nitrogen and oxygen atoms in total. The summed E-state index contributed by atoms with van der Waals surface area (Å²) in [6.07, 6.45) is 1.81. The van der Waals surface area contributed by atoms with Crippen molar-refractivity contribution in [1.82, 2.24) is 0 Å². The molecule has 0 unspecified atom stereocenters. The third-order valence-corrected chi connectivity index (χ3v) is 2.75. The van der Waals surface area contributed by atoms with Gasteiger partial charge in [0, 0.05) is 0 Å². The lowest BCUT2D eigenvalue weighted by atomic mass is 9.75. The SMILES string of the molecule is C[C@@H]1CC[C@@H](C(=O)O)[C@H](C(=O)O)C1. The molecule has 1 aliphatic carbocycles. The van der Waals surface area contributed by atoms with Crippen molar-refractivity contribution in [2.45, 2.75) is 26.2 Å². The predicted octanol–water partition coefficient (Wildman–Crippen LogP) is 1.21. The van der Waals surface area contributed by atoms with Gasteiger partial charge in [0.15, 0.2) is 0 Å². The van der Waals surface area contributed by atoms with E-state index in [1.807, 2.05) is 6.92 Å². The first-order valence-electron chi connectivity index (χ1n) is 4.48. The van der Waals surface area contributed by atoms with E-state index in [-0.39, 0.29) is 0 Å². The monoisotopic (exact) mass is 186 g/mol. The lowest BCUT2D eigenvalue weighted by Crippen LogP contribution is -2.34. The van der Waals surface area contributed by atoms with Crippen molar-refractivity contribution in [2.24, 2.45) is 17.8 Å². The Balaban J connectivity index is 2.72. The molecule has 0 bridgehead atoms. The van der Waals surface area contributed by atoms with Gasteiger partial charge in [-0.2, -0.15) is 0 Å². The van der Waals surface area contributed by atoms with E-state index in [9.17, 15) is 9.59 Å². The summed E-state index contributed by atoms with van der Waals surface area (Å²) >= 11 is 0. The predicted molar refractivity (Wildman–Crippen MR) is 45.3 cm³/mol. The van der Waals surface area contributed by atoms with Gasteiger partial charge in [0.2, 0.25) is 0 Å². The van der Waals surface area contributed by atoms with Crippen molar-refractivity contribution >= 4 is 11.9 Å². The maximum Gasteiger partial charge on any atom is 0.307 e. The first-order chi connectivity index (χ1) is 6.02. The van der Waals surface area contributed by atoms with Gasteiger partial charge in [-0.25, -0.2) is 0 Å². The Morgan fingerprint density at radius 3 is 2.08 bits per heavy atom. The van der Waals surface area contributed by atoms with E-state index in [1.165, 1.54) is 0 Å². The molecule has 0 spiro atoms. The molecule has 0 aromatic rings. The van der Waals surface area contributed by atoms with Gasteiger partial charge in [-0.3, -0.25) is 9.59 Å². The molecule has 0 aromatic heterocycles. The largest absolute Gasteiger partial charge is 0.481 e. The highest BCUT2D eigenvalue weighted by molar-refractivity contribution is 5.80. The average molecular weight is 186 g/mol. The van der Waals surface area contributed by atoms with E-state index in [0.29, 0.717) is 18.8 Å². The van der Waals surface area contributed by atoms with Gasteiger partial charge in [0.25, 0.3) is 0 Å². The molecule has 1 saturated carbocycles. The molecule has 1 rings (SSSR count). The maximum atomic E-state index is 10.8. The van der Waals surface area contributed by atoms with Crippen LogP contribution in [0.2, 0.25) is 0 Å². The zero-order valence-electron chi connectivity index (χ0n) is 7.56. The van der Waals surface area contributed by atoms with Crippen molar-refractivity contribution in [3.63, 3.8) is 0 Å². The van der Waals surface area contributed by atoms with Gasteiger partial charge in [-0.05, 0) is 25.2 Å². The second kappa shape index (κ2) is 3.77. The van der Waals surface area contributed by atoms with Crippen molar-refractivity contribution in [3.05, 3.63) is 0 Å². The van der Waals surface area contributed by atoms with Crippen LogP contribution in [0, 0.1) is 17.8 Å². The summed E-state index contributed by atoms with van der Waals surface area (Å²) in [5, 5.41) is 17.6. The minimum Gasteiger partial charge on any atom is -0.481 e. The lowest BCUT2D eigenvalue weighted by Gasteiger charge is -2.29. The Kier molecular flexibility index (Phi) is 2.90. The van der Waals surface area contributed by atoms with Crippen LogP contribution in [0.4, 0.5) is 0 Å². The molecule has 0 radical (unpaired) electrons. The zero-order valence-corrected chi connectivity index (χ0v) is 7.56. The first kappa shape index (κ1) is 10.0. The van der Waals surface area contributed by atoms with Crippen LogP contribution in [-0.4, -0.2) is 22.2 Å². The third kappa shape index (κ3) is 2.20. The van der Waals surface area contributed by atoms with E-state index in [4.69, 9.17) is 10.2 Å². The van der Waals surface area contributed by atoms with Gasteiger partial charge in [-0.15, -0.1) is 0 Å². The Morgan fingerprint density at radius 2 is 1.62 bits per heavy atom. The van der Waals surface area contributed by atoms with Gasteiger partial charge in [0.05, 0.1) is 11.8 Å². The Bertz CT molecular complexity index is 224. The first-order valence-corrected chi connectivity index (χ1v) is 4.48. The summed E-state index contributed by atoms with van der Waals surface area (Å²) < 4.78 is 0. The van der Waals surface area contributed by atoms with E-state index in [2.05, 4.69) is 0 Å². The molecule has 0 heterocycles. The molecule has 0 saturated heterocycles. The van der Waals surface area contributed by atoms with Crippen LogP contribution in [0.3, 0.4) is 0 Å². The molecule has 0 aromatic carbocycles. The average Bonchev–Trinajstić information content (AvgIpc) is 2.03. The second-order valence-electron chi connectivity index (χ2n) is 3.81. The highest BCUT2D eigenvalue weighted by atomic mass is 16.4. The molecule has 2 N–H and O–H groups in total. The summed E-state index contributed by atoms with van der Waals surface area (Å²) in [7, 11) is 0. The Hall–Kier alpha value is -1.06. The molecule has 1 fully saturated rings. The highest BCUT2D eigenvalue weighted by Crippen LogP contribution is 2.33. The summed E-state index contributed by atoms with van der Waals surface area (Å²) in [6.45, 7) is 1.97. The normalized spacial score (nSPS) is 34.1. The molecule has 0 aliphatic heterocycles. The smallest absolute Gasteiger partial charge is 0.307 e. The van der Waals surface area contributed by atoms with Crippen molar-refractivity contribution < 1.29 is 19.8 Å². The number of carbonyl (C=O) groups is 2. The lowest BCUT2D eigenvalue weighted by molar-refractivity contribution is -0.156. The van der Waals surface area contributed by atoms with Crippen molar-refractivity contribution in [2.75, 3.05) is 0 Å². The van der Waals surface area contributed by atoms with Crippen LogP contribution < -0.4 is 0 Å². The minimum absolute atomic E-state index is 0.330. The number of aliphatic carboxylic acids is 2. The molecule has 13 heavy (non-hydrogen) atoms. The number of carboxylic acids is 2. The summed E-state index contributed by atoms with van der Waals surface area (Å²) in [5.41, 5.74) is 0. The van der Waals surface area contributed by atoms with E-state index < -0.39 is 23.8 Å². The molecule has 0 amide bonds. The molecule has 1 aliphatic rings. The minimum atomic E-state index is -0.973. The van der Waals surface area contributed by atoms with Crippen LogP contribution in [-0.2, 0) is 9.59 Å². The van der Waals surface area contributed by atoms with Gasteiger partial charge >= 0.3 is 11.9 Å². The van der Waals surface area contributed by atoms with E-state index >= 15 is 0 Å². The van der Waals surface area contributed by atoms with Crippen LogP contribution in [0.1, 0.15) is 26.2 Å².